The molecule has 4 heterocycles. The van der Waals surface area contributed by atoms with Gasteiger partial charge in [-0.3, -0.25) is 14.2 Å². The highest BCUT2D eigenvalue weighted by atomic mass is 16.1. The number of aromatic nitrogens is 7. The molecule has 4 aromatic rings. The molecule has 0 unspecified atom stereocenters. The molecule has 0 saturated carbocycles. The van der Waals surface area contributed by atoms with E-state index in [1.165, 1.54) is 0 Å². The minimum absolute atomic E-state index is 0.000373. The predicted octanol–water partition coefficient (Wildman–Crippen LogP) is 3.09. The largest absolute Gasteiger partial charge is 0.301 e. The Morgan fingerprint density at radius 2 is 1.91 bits per heavy atom. The average Bonchev–Trinajstić information content (AvgIpc) is 3.48. The van der Waals surface area contributed by atoms with E-state index in [2.05, 4.69) is 44.4 Å². The molecule has 1 aromatic carbocycles. The maximum Gasteiger partial charge on any atom is 0.172 e. The normalized spacial score (nSPS) is 15.5. The van der Waals surface area contributed by atoms with Crippen LogP contribution in [-0.2, 0) is 13.5 Å². The number of ketones is 1. The Labute approximate surface area is 192 Å². The SMILES string of the molecule is CC(C)N1CCC(n2cc(C(=O)Cc3cc4cc(-c5cn(C)nn5)ccc4nn3)cn2)CC1. The minimum atomic E-state index is -0.000373. The van der Waals surface area contributed by atoms with E-state index in [0.29, 0.717) is 23.3 Å². The van der Waals surface area contributed by atoms with Crippen molar-refractivity contribution in [2.24, 2.45) is 7.05 Å². The van der Waals surface area contributed by atoms with Gasteiger partial charge in [-0.15, -0.1) is 5.10 Å². The van der Waals surface area contributed by atoms with Gasteiger partial charge in [-0.2, -0.15) is 15.3 Å². The highest BCUT2D eigenvalue weighted by Gasteiger charge is 2.23. The molecule has 0 bridgehead atoms. The van der Waals surface area contributed by atoms with Crippen LogP contribution in [0.25, 0.3) is 22.2 Å². The first-order valence-electron chi connectivity index (χ1n) is 11.4. The highest BCUT2D eigenvalue weighted by molar-refractivity contribution is 5.97. The number of aryl methyl sites for hydroxylation is 1. The Kier molecular flexibility index (Phi) is 5.72. The van der Waals surface area contributed by atoms with Gasteiger partial charge < -0.3 is 4.90 Å². The van der Waals surface area contributed by atoms with Crippen LogP contribution < -0.4 is 0 Å². The van der Waals surface area contributed by atoms with E-state index in [4.69, 9.17) is 0 Å². The van der Waals surface area contributed by atoms with E-state index in [1.807, 2.05) is 48.4 Å². The standard InChI is InChI=1S/C24H28N8O/c1-16(2)31-8-6-21(7-9-31)32-14-19(13-25-32)24(33)12-20-11-18-10-17(4-5-22(18)27-26-20)23-15-30(3)29-28-23/h4-5,10-11,13-16,21H,6-9,12H2,1-3H3. The molecule has 0 aliphatic carbocycles. The van der Waals surface area contributed by atoms with Crippen molar-refractivity contribution >= 4 is 16.7 Å². The van der Waals surface area contributed by atoms with E-state index < -0.39 is 0 Å². The van der Waals surface area contributed by atoms with Gasteiger partial charge in [0.15, 0.2) is 5.78 Å². The molecule has 170 valence electrons. The number of rotatable bonds is 6. The Balaban J connectivity index is 1.29. The topological polar surface area (TPSA) is 94.6 Å². The number of benzene rings is 1. The van der Waals surface area contributed by atoms with Crippen LogP contribution in [-0.4, -0.2) is 64.8 Å². The van der Waals surface area contributed by atoms with Crippen LogP contribution in [0.5, 0.6) is 0 Å². The average molecular weight is 445 g/mol. The Hall–Kier alpha value is -3.46. The summed E-state index contributed by atoms with van der Waals surface area (Å²) in [5, 5.41) is 22.1. The summed E-state index contributed by atoms with van der Waals surface area (Å²) in [5.41, 5.74) is 3.78. The molecule has 9 heteroatoms. The number of fused-ring (bicyclic) bond motifs is 1. The van der Waals surface area contributed by atoms with Crippen molar-refractivity contribution in [3.05, 3.63) is 54.1 Å². The highest BCUT2D eigenvalue weighted by Crippen LogP contribution is 2.24. The first kappa shape index (κ1) is 21.4. The van der Waals surface area contributed by atoms with Gasteiger partial charge in [-0.1, -0.05) is 11.3 Å². The number of hydrogen-bond acceptors (Lipinski definition) is 7. The number of carbonyl (C=O) groups excluding carboxylic acids is 1. The van der Waals surface area contributed by atoms with Gasteiger partial charge in [0.2, 0.25) is 0 Å². The Morgan fingerprint density at radius 1 is 1.09 bits per heavy atom. The Bertz CT molecular complexity index is 1280. The number of likely N-dealkylation sites (tertiary alicyclic amines) is 1. The van der Waals surface area contributed by atoms with Crippen LogP contribution in [0.15, 0.2) is 42.9 Å². The quantitative estimate of drug-likeness (QED) is 0.422. The number of piperidine rings is 1. The molecule has 0 spiro atoms. The van der Waals surface area contributed by atoms with Crippen molar-refractivity contribution in [1.82, 2.24) is 39.9 Å². The summed E-state index contributed by atoms with van der Waals surface area (Å²) in [6, 6.07) is 8.70. The van der Waals surface area contributed by atoms with Crippen LogP contribution in [0, 0.1) is 0 Å². The van der Waals surface area contributed by atoms with Crippen molar-refractivity contribution in [3.63, 3.8) is 0 Å². The number of Topliss-reactive ketones (excluding diaryl/α,β-unsaturated/α-hetero) is 1. The van der Waals surface area contributed by atoms with Gasteiger partial charge in [0.05, 0.1) is 41.6 Å². The number of nitrogens with zero attached hydrogens (tertiary/aromatic N) is 8. The first-order chi connectivity index (χ1) is 16.0. The fourth-order valence-electron chi connectivity index (χ4n) is 4.43. The summed E-state index contributed by atoms with van der Waals surface area (Å²) >= 11 is 0. The molecule has 0 amide bonds. The number of carbonyl (C=O) groups is 1. The second-order valence-corrected chi connectivity index (χ2v) is 9.06. The van der Waals surface area contributed by atoms with Crippen LogP contribution in [0.3, 0.4) is 0 Å². The van der Waals surface area contributed by atoms with Crippen LogP contribution in [0.2, 0.25) is 0 Å². The van der Waals surface area contributed by atoms with E-state index >= 15 is 0 Å². The molecule has 33 heavy (non-hydrogen) atoms. The lowest BCUT2D eigenvalue weighted by atomic mass is 10.0. The summed E-state index contributed by atoms with van der Waals surface area (Å²) in [7, 11) is 1.84. The molecule has 0 radical (unpaired) electrons. The maximum absolute atomic E-state index is 12.9. The van der Waals surface area contributed by atoms with Crippen molar-refractivity contribution in [2.75, 3.05) is 13.1 Å². The summed E-state index contributed by atoms with van der Waals surface area (Å²) in [6.45, 7) is 6.60. The fourth-order valence-corrected chi connectivity index (χ4v) is 4.43. The predicted molar refractivity (Wildman–Crippen MR) is 125 cm³/mol. The van der Waals surface area contributed by atoms with Gasteiger partial charge in [0.25, 0.3) is 0 Å². The van der Waals surface area contributed by atoms with Crippen LogP contribution in [0.4, 0.5) is 0 Å². The molecular formula is C24H28N8O. The number of hydrogen-bond donors (Lipinski definition) is 0. The lowest BCUT2D eigenvalue weighted by Crippen LogP contribution is -2.39. The molecule has 1 aliphatic rings. The molecule has 9 nitrogen and oxygen atoms in total. The molecule has 1 aliphatic heterocycles. The zero-order chi connectivity index (χ0) is 22.9. The van der Waals surface area contributed by atoms with Gasteiger partial charge >= 0.3 is 0 Å². The van der Waals surface area contributed by atoms with Gasteiger partial charge in [-0.05, 0) is 44.9 Å². The van der Waals surface area contributed by atoms with Crippen molar-refractivity contribution in [2.45, 2.75) is 45.2 Å². The molecule has 0 N–H and O–H groups in total. The fraction of sp³-hybridized carbons (Fsp3) is 0.417. The summed E-state index contributed by atoms with van der Waals surface area (Å²) in [5.74, 6) is -0.000373. The molecule has 0 atom stereocenters. The van der Waals surface area contributed by atoms with E-state index in [-0.39, 0.29) is 12.2 Å². The third kappa shape index (κ3) is 4.54. The Morgan fingerprint density at radius 3 is 2.64 bits per heavy atom. The summed E-state index contributed by atoms with van der Waals surface area (Å²) in [6.07, 6.45) is 7.73. The first-order valence-corrected chi connectivity index (χ1v) is 11.4. The third-order valence-corrected chi connectivity index (χ3v) is 6.40. The monoisotopic (exact) mass is 444 g/mol. The zero-order valence-electron chi connectivity index (χ0n) is 19.2. The van der Waals surface area contributed by atoms with Crippen molar-refractivity contribution in [1.29, 1.82) is 0 Å². The molecule has 3 aromatic heterocycles. The molecule has 1 saturated heterocycles. The smallest absolute Gasteiger partial charge is 0.172 e. The lowest BCUT2D eigenvalue weighted by Gasteiger charge is -2.34. The summed E-state index contributed by atoms with van der Waals surface area (Å²) in [4.78, 5) is 15.4. The lowest BCUT2D eigenvalue weighted by molar-refractivity contribution is 0.0991. The second-order valence-electron chi connectivity index (χ2n) is 9.06. The van der Waals surface area contributed by atoms with E-state index in [9.17, 15) is 4.79 Å². The molecule has 5 rings (SSSR count). The van der Waals surface area contributed by atoms with Gasteiger partial charge in [0, 0.05) is 43.3 Å². The zero-order valence-corrected chi connectivity index (χ0v) is 19.2. The molecular weight excluding hydrogens is 416 g/mol. The van der Waals surface area contributed by atoms with E-state index in [1.54, 1.807) is 10.9 Å². The third-order valence-electron chi connectivity index (χ3n) is 6.40. The van der Waals surface area contributed by atoms with E-state index in [0.717, 1.165) is 48.1 Å². The van der Waals surface area contributed by atoms with Gasteiger partial charge in [0.1, 0.15) is 5.69 Å². The molecule has 1 fully saturated rings. The van der Waals surface area contributed by atoms with Crippen molar-refractivity contribution in [3.8, 4) is 11.3 Å². The summed E-state index contributed by atoms with van der Waals surface area (Å²) < 4.78 is 3.63. The maximum atomic E-state index is 12.9. The minimum Gasteiger partial charge on any atom is -0.301 e. The van der Waals surface area contributed by atoms with Crippen molar-refractivity contribution < 1.29 is 4.79 Å². The second kappa shape index (κ2) is 8.82. The van der Waals surface area contributed by atoms with Crippen LogP contribution >= 0.6 is 0 Å². The van der Waals surface area contributed by atoms with Crippen LogP contribution in [0.1, 0.15) is 48.8 Å². The van der Waals surface area contributed by atoms with Gasteiger partial charge in [-0.25, -0.2) is 0 Å².